The van der Waals surface area contributed by atoms with Gasteiger partial charge in [-0.05, 0) is 54.8 Å². The highest BCUT2D eigenvalue weighted by Gasteiger charge is 2.14. The Bertz CT molecular complexity index is 1020. The summed E-state index contributed by atoms with van der Waals surface area (Å²) in [6, 6.07) is 8.17. The van der Waals surface area contributed by atoms with Crippen LogP contribution in [0.4, 0.5) is 4.39 Å². The highest BCUT2D eigenvalue weighted by atomic mass is 35.5. The molecule has 8 heteroatoms. The molecular weight excluding hydrogens is 432 g/mol. The Morgan fingerprint density at radius 1 is 1.17 bits per heavy atom. The zero-order valence-electron chi connectivity index (χ0n) is 16.1. The summed E-state index contributed by atoms with van der Waals surface area (Å²) < 4.78 is 21.1. The van der Waals surface area contributed by atoms with Crippen LogP contribution >= 0.6 is 35.0 Å². The highest BCUT2D eigenvalue weighted by Crippen LogP contribution is 2.28. The first-order chi connectivity index (χ1) is 13.9. The molecule has 0 aliphatic carbocycles. The molecule has 0 amide bonds. The van der Waals surface area contributed by atoms with Crippen LogP contribution in [0, 0.1) is 19.7 Å². The Morgan fingerprint density at radius 2 is 1.90 bits per heavy atom. The van der Waals surface area contributed by atoms with Crippen LogP contribution in [0.25, 0.3) is 0 Å². The third-order valence-electron chi connectivity index (χ3n) is 4.25. The average molecular weight is 452 g/mol. The SMILES string of the molecule is C=CCn1c(COc2cc(C)c(Cl)c(C)c2)nnc1SCc1ccc(F)cc1Cl. The molecule has 29 heavy (non-hydrogen) atoms. The van der Waals surface area contributed by atoms with E-state index in [9.17, 15) is 4.39 Å². The standard InChI is InChI=1S/C21H20Cl2FN3OS/c1-4-7-27-19(11-28-17-8-13(2)20(23)14(3)9-17)25-26-21(27)29-12-15-5-6-16(24)10-18(15)22/h4-6,8-10H,1,7,11-12H2,2-3H3. The van der Waals surface area contributed by atoms with Gasteiger partial charge in [0.05, 0.1) is 0 Å². The molecule has 0 aliphatic rings. The number of nitrogens with zero attached hydrogens (tertiary/aromatic N) is 3. The lowest BCUT2D eigenvalue weighted by Gasteiger charge is -2.11. The van der Waals surface area contributed by atoms with Crippen LogP contribution in [0.2, 0.25) is 10.0 Å². The van der Waals surface area contributed by atoms with Crippen molar-refractivity contribution in [1.82, 2.24) is 14.8 Å². The van der Waals surface area contributed by atoms with Crippen molar-refractivity contribution in [3.05, 3.63) is 81.4 Å². The van der Waals surface area contributed by atoms with Crippen LogP contribution in [0.1, 0.15) is 22.5 Å². The second kappa shape index (κ2) is 9.65. The fraction of sp³-hybridized carbons (Fsp3) is 0.238. The fourth-order valence-electron chi connectivity index (χ4n) is 2.76. The molecule has 3 rings (SSSR count). The molecular formula is C21H20Cl2FN3OS. The van der Waals surface area contributed by atoms with Crippen molar-refractivity contribution in [3.63, 3.8) is 0 Å². The van der Waals surface area contributed by atoms with Crippen molar-refractivity contribution in [2.45, 2.75) is 37.9 Å². The molecule has 0 saturated heterocycles. The van der Waals surface area contributed by atoms with E-state index in [0.29, 0.717) is 28.3 Å². The molecule has 1 aromatic heterocycles. The second-order valence-corrected chi connectivity index (χ2v) is 8.21. The number of hydrogen-bond acceptors (Lipinski definition) is 4. The van der Waals surface area contributed by atoms with E-state index in [-0.39, 0.29) is 12.4 Å². The molecule has 152 valence electrons. The molecule has 0 saturated carbocycles. The Labute approximate surface area is 183 Å². The van der Waals surface area contributed by atoms with Crippen LogP contribution < -0.4 is 4.74 Å². The molecule has 0 bridgehead atoms. The van der Waals surface area contributed by atoms with Crippen LogP contribution in [-0.2, 0) is 18.9 Å². The third kappa shape index (κ3) is 5.32. The first-order valence-corrected chi connectivity index (χ1v) is 10.6. The van der Waals surface area contributed by atoms with E-state index >= 15 is 0 Å². The zero-order valence-corrected chi connectivity index (χ0v) is 18.4. The van der Waals surface area contributed by atoms with Crippen molar-refractivity contribution in [2.75, 3.05) is 0 Å². The summed E-state index contributed by atoms with van der Waals surface area (Å²) in [5.74, 6) is 1.60. The highest BCUT2D eigenvalue weighted by molar-refractivity contribution is 7.98. The second-order valence-electron chi connectivity index (χ2n) is 6.48. The summed E-state index contributed by atoms with van der Waals surface area (Å²) in [6.45, 7) is 8.50. The van der Waals surface area contributed by atoms with E-state index in [1.807, 2.05) is 30.5 Å². The summed E-state index contributed by atoms with van der Waals surface area (Å²) in [7, 11) is 0. The Hall–Kier alpha value is -2.02. The maximum Gasteiger partial charge on any atom is 0.191 e. The van der Waals surface area contributed by atoms with Crippen LogP contribution in [0.3, 0.4) is 0 Å². The monoisotopic (exact) mass is 451 g/mol. The molecule has 3 aromatic rings. The van der Waals surface area contributed by atoms with E-state index in [1.54, 1.807) is 12.1 Å². The number of thioether (sulfide) groups is 1. The van der Waals surface area contributed by atoms with Gasteiger partial charge in [-0.15, -0.1) is 16.8 Å². The number of aryl methyl sites for hydroxylation is 2. The minimum Gasteiger partial charge on any atom is -0.486 e. The normalized spacial score (nSPS) is 10.9. The number of hydrogen-bond donors (Lipinski definition) is 0. The van der Waals surface area contributed by atoms with Gasteiger partial charge in [-0.2, -0.15) is 0 Å². The van der Waals surface area contributed by atoms with E-state index in [2.05, 4.69) is 16.8 Å². The predicted molar refractivity (Wildman–Crippen MR) is 116 cm³/mol. The minimum absolute atomic E-state index is 0.263. The first-order valence-electron chi connectivity index (χ1n) is 8.88. The van der Waals surface area contributed by atoms with Gasteiger partial charge in [-0.1, -0.05) is 47.1 Å². The fourth-order valence-corrected chi connectivity index (χ4v) is 4.16. The van der Waals surface area contributed by atoms with Crippen molar-refractivity contribution in [2.24, 2.45) is 0 Å². The molecule has 0 unspecified atom stereocenters. The van der Waals surface area contributed by atoms with Gasteiger partial charge in [-0.3, -0.25) is 4.57 Å². The lowest BCUT2D eigenvalue weighted by atomic mass is 10.1. The maximum atomic E-state index is 13.2. The molecule has 4 nitrogen and oxygen atoms in total. The van der Waals surface area contributed by atoms with Gasteiger partial charge in [0.2, 0.25) is 0 Å². The van der Waals surface area contributed by atoms with Crippen LogP contribution in [0.15, 0.2) is 48.1 Å². The number of allylic oxidation sites excluding steroid dienone is 1. The smallest absolute Gasteiger partial charge is 0.191 e. The van der Waals surface area contributed by atoms with E-state index in [1.165, 1.54) is 23.9 Å². The summed E-state index contributed by atoms with van der Waals surface area (Å²) in [4.78, 5) is 0. The minimum atomic E-state index is -0.356. The summed E-state index contributed by atoms with van der Waals surface area (Å²) in [5.41, 5.74) is 2.75. The summed E-state index contributed by atoms with van der Waals surface area (Å²) in [5, 5.41) is 10.4. The van der Waals surface area contributed by atoms with Gasteiger partial charge in [0.1, 0.15) is 18.2 Å². The molecule has 0 aliphatic heterocycles. The maximum absolute atomic E-state index is 13.2. The van der Waals surface area contributed by atoms with Crippen molar-refractivity contribution in [1.29, 1.82) is 0 Å². The molecule has 1 heterocycles. The molecule has 2 aromatic carbocycles. The lowest BCUT2D eigenvalue weighted by molar-refractivity contribution is 0.289. The predicted octanol–water partition coefficient (Wildman–Crippen LogP) is 6.40. The average Bonchev–Trinajstić information content (AvgIpc) is 3.05. The Morgan fingerprint density at radius 3 is 2.55 bits per heavy atom. The quantitative estimate of drug-likeness (QED) is 0.293. The zero-order chi connectivity index (χ0) is 21.0. The Balaban J connectivity index is 1.73. The van der Waals surface area contributed by atoms with Crippen LogP contribution in [0.5, 0.6) is 5.75 Å². The van der Waals surface area contributed by atoms with Crippen molar-refractivity contribution >= 4 is 35.0 Å². The van der Waals surface area contributed by atoms with E-state index in [0.717, 1.165) is 27.5 Å². The Kier molecular flexibility index (Phi) is 7.22. The van der Waals surface area contributed by atoms with Gasteiger partial charge in [0.25, 0.3) is 0 Å². The summed E-state index contributed by atoms with van der Waals surface area (Å²) >= 11 is 13.8. The molecule has 0 fully saturated rings. The first kappa shape index (κ1) is 21.7. The van der Waals surface area contributed by atoms with Gasteiger partial charge >= 0.3 is 0 Å². The molecule has 0 spiro atoms. The van der Waals surface area contributed by atoms with E-state index < -0.39 is 0 Å². The summed E-state index contributed by atoms with van der Waals surface area (Å²) in [6.07, 6.45) is 1.78. The molecule has 0 radical (unpaired) electrons. The topological polar surface area (TPSA) is 39.9 Å². The van der Waals surface area contributed by atoms with Gasteiger partial charge in [0, 0.05) is 22.3 Å². The molecule has 0 atom stereocenters. The van der Waals surface area contributed by atoms with Gasteiger partial charge in [-0.25, -0.2) is 4.39 Å². The van der Waals surface area contributed by atoms with Crippen molar-refractivity contribution in [3.8, 4) is 5.75 Å². The number of benzene rings is 2. The largest absolute Gasteiger partial charge is 0.486 e. The third-order valence-corrected chi connectivity index (χ3v) is 6.22. The molecule has 0 N–H and O–H groups in total. The number of rotatable bonds is 8. The number of halogens is 3. The van der Waals surface area contributed by atoms with Gasteiger partial charge < -0.3 is 4.74 Å². The number of ether oxygens (including phenoxy) is 1. The van der Waals surface area contributed by atoms with Crippen molar-refractivity contribution < 1.29 is 9.13 Å². The van der Waals surface area contributed by atoms with E-state index in [4.69, 9.17) is 27.9 Å². The van der Waals surface area contributed by atoms with Gasteiger partial charge in [0.15, 0.2) is 11.0 Å². The lowest BCUT2D eigenvalue weighted by Crippen LogP contribution is -2.07. The number of aromatic nitrogens is 3. The van der Waals surface area contributed by atoms with Crippen LogP contribution in [-0.4, -0.2) is 14.8 Å².